The lowest BCUT2D eigenvalue weighted by atomic mass is 9.71. The summed E-state index contributed by atoms with van der Waals surface area (Å²) in [5.41, 5.74) is 2.27. The van der Waals surface area contributed by atoms with Crippen molar-refractivity contribution in [3.05, 3.63) is 21.4 Å². The molecule has 1 fully saturated rings. The Hall–Kier alpha value is -0.340. The van der Waals surface area contributed by atoms with E-state index in [1.807, 2.05) is 22.7 Å². The van der Waals surface area contributed by atoms with Gasteiger partial charge in [0.2, 0.25) is 0 Å². The average molecular weight is 278 g/mol. The Bertz CT molecular complexity index is 561. The summed E-state index contributed by atoms with van der Waals surface area (Å²) in [5.74, 6) is 0.824. The fraction of sp³-hybridized carbons (Fsp3) is 0.625. The average Bonchev–Trinajstić information content (AvgIpc) is 2.74. The van der Waals surface area contributed by atoms with E-state index in [0.29, 0.717) is 5.41 Å². The highest BCUT2D eigenvalue weighted by molar-refractivity contribution is 7.28. The third-order valence-electron chi connectivity index (χ3n) is 4.46. The number of fused-ring (bicyclic) bond motifs is 1. The third-order valence-corrected chi connectivity index (χ3v) is 6.74. The monoisotopic (exact) mass is 278 g/mol. The minimum atomic E-state index is 0.574. The Morgan fingerprint density at radius 2 is 1.78 bits per heavy atom. The fourth-order valence-corrected chi connectivity index (χ4v) is 5.92. The largest absolute Gasteiger partial charge is 0.139 e. The molecule has 0 radical (unpaired) electrons. The molecule has 0 amide bonds. The van der Waals surface area contributed by atoms with E-state index in [1.54, 1.807) is 15.1 Å². The fourth-order valence-electron chi connectivity index (χ4n) is 3.30. The van der Waals surface area contributed by atoms with Crippen molar-refractivity contribution in [3.8, 4) is 0 Å². The summed E-state index contributed by atoms with van der Waals surface area (Å²) in [7, 11) is 0. The minimum Gasteiger partial charge on any atom is -0.139 e. The van der Waals surface area contributed by atoms with E-state index >= 15 is 0 Å². The lowest BCUT2D eigenvalue weighted by molar-refractivity contribution is 0.225. The molecule has 0 N–H and O–H groups in total. The maximum Gasteiger partial charge on any atom is 0.0490 e. The van der Waals surface area contributed by atoms with Crippen molar-refractivity contribution in [1.29, 1.82) is 0 Å². The topological polar surface area (TPSA) is 0 Å². The number of thiophene rings is 2. The quantitative estimate of drug-likeness (QED) is 0.577. The standard InChI is InChI=1S/C16H22S2/c1-10-9-13-15(17-10)14(11(2)18-13)12-5-7-16(3,4)8-6-12/h9,12H,5-8H2,1-4H3. The van der Waals surface area contributed by atoms with Crippen LogP contribution in [0.1, 0.15) is 60.8 Å². The van der Waals surface area contributed by atoms with E-state index in [4.69, 9.17) is 0 Å². The Balaban J connectivity index is 1.96. The van der Waals surface area contributed by atoms with Crippen LogP contribution in [-0.4, -0.2) is 0 Å². The summed E-state index contributed by atoms with van der Waals surface area (Å²) in [6.45, 7) is 9.41. The van der Waals surface area contributed by atoms with Crippen molar-refractivity contribution in [2.45, 2.75) is 59.3 Å². The van der Waals surface area contributed by atoms with Gasteiger partial charge in [-0.1, -0.05) is 13.8 Å². The Morgan fingerprint density at radius 1 is 1.11 bits per heavy atom. The van der Waals surface area contributed by atoms with Crippen LogP contribution in [0.5, 0.6) is 0 Å². The summed E-state index contributed by atoms with van der Waals surface area (Å²) in [4.78, 5) is 3.04. The normalized spacial score (nSPS) is 20.7. The maximum absolute atomic E-state index is 2.43. The van der Waals surface area contributed by atoms with Gasteiger partial charge in [-0.15, -0.1) is 22.7 Å². The summed E-state index contributed by atoms with van der Waals surface area (Å²) < 4.78 is 3.12. The van der Waals surface area contributed by atoms with Gasteiger partial charge in [-0.2, -0.15) is 0 Å². The Morgan fingerprint density at radius 3 is 2.44 bits per heavy atom. The van der Waals surface area contributed by atoms with Crippen LogP contribution >= 0.6 is 22.7 Å². The molecule has 0 bridgehead atoms. The van der Waals surface area contributed by atoms with Gasteiger partial charge in [0.15, 0.2) is 0 Å². The first-order valence-electron chi connectivity index (χ1n) is 6.96. The van der Waals surface area contributed by atoms with Gasteiger partial charge in [-0.3, -0.25) is 0 Å². The molecule has 0 unspecified atom stereocenters. The van der Waals surface area contributed by atoms with Gasteiger partial charge in [0, 0.05) is 19.2 Å². The molecule has 2 aromatic heterocycles. The zero-order chi connectivity index (χ0) is 12.9. The molecule has 0 aromatic carbocycles. The second kappa shape index (κ2) is 4.35. The van der Waals surface area contributed by atoms with Crippen molar-refractivity contribution < 1.29 is 0 Å². The second-order valence-corrected chi connectivity index (χ2v) is 9.07. The summed E-state index contributed by atoms with van der Waals surface area (Å²) >= 11 is 4.01. The first-order chi connectivity index (χ1) is 8.46. The predicted molar refractivity (Wildman–Crippen MR) is 84.2 cm³/mol. The van der Waals surface area contributed by atoms with Crippen LogP contribution in [0.4, 0.5) is 0 Å². The van der Waals surface area contributed by atoms with Crippen LogP contribution in [0.2, 0.25) is 0 Å². The van der Waals surface area contributed by atoms with E-state index in [1.165, 1.54) is 35.3 Å². The maximum atomic E-state index is 2.43. The van der Waals surface area contributed by atoms with Crippen molar-refractivity contribution in [3.63, 3.8) is 0 Å². The summed E-state index contributed by atoms with van der Waals surface area (Å²) in [6.07, 6.45) is 5.55. The van der Waals surface area contributed by atoms with Crippen LogP contribution in [0.15, 0.2) is 6.07 Å². The number of aryl methyl sites for hydroxylation is 2. The number of hydrogen-bond donors (Lipinski definition) is 0. The third kappa shape index (κ3) is 2.14. The molecule has 2 heteroatoms. The van der Waals surface area contributed by atoms with Crippen LogP contribution < -0.4 is 0 Å². The first-order valence-corrected chi connectivity index (χ1v) is 8.59. The van der Waals surface area contributed by atoms with Crippen molar-refractivity contribution in [2.24, 2.45) is 5.41 Å². The Kier molecular flexibility index (Phi) is 3.06. The van der Waals surface area contributed by atoms with Crippen LogP contribution in [0.25, 0.3) is 9.40 Å². The Labute approximate surface area is 118 Å². The lowest BCUT2D eigenvalue weighted by Gasteiger charge is -2.34. The number of rotatable bonds is 1. The van der Waals surface area contributed by atoms with E-state index in [2.05, 4.69) is 33.8 Å². The van der Waals surface area contributed by atoms with Crippen LogP contribution in [-0.2, 0) is 0 Å². The molecular formula is C16H22S2. The zero-order valence-electron chi connectivity index (χ0n) is 11.8. The van der Waals surface area contributed by atoms with Gasteiger partial charge >= 0.3 is 0 Å². The van der Waals surface area contributed by atoms with Gasteiger partial charge in [0.05, 0.1) is 0 Å². The summed E-state index contributed by atoms with van der Waals surface area (Å²) in [5, 5.41) is 0. The molecule has 1 saturated carbocycles. The van der Waals surface area contributed by atoms with E-state index in [9.17, 15) is 0 Å². The van der Waals surface area contributed by atoms with Crippen molar-refractivity contribution >= 4 is 32.1 Å². The van der Waals surface area contributed by atoms with E-state index < -0.39 is 0 Å². The van der Waals surface area contributed by atoms with Gasteiger partial charge in [0.1, 0.15) is 0 Å². The molecule has 0 atom stereocenters. The highest BCUT2D eigenvalue weighted by Gasteiger charge is 2.30. The predicted octanol–water partition coefficient (Wildman–Crippen LogP) is 6.26. The van der Waals surface area contributed by atoms with Gasteiger partial charge in [-0.25, -0.2) is 0 Å². The van der Waals surface area contributed by atoms with Gasteiger partial charge < -0.3 is 0 Å². The molecule has 18 heavy (non-hydrogen) atoms. The lowest BCUT2D eigenvalue weighted by Crippen LogP contribution is -2.20. The van der Waals surface area contributed by atoms with Crippen molar-refractivity contribution in [1.82, 2.24) is 0 Å². The van der Waals surface area contributed by atoms with Crippen LogP contribution in [0.3, 0.4) is 0 Å². The molecule has 0 aliphatic heterocycles. The molecule has 2 heterocycles. The SMILES string of the molecule is Cc1cc2sc(C)c(C3CCC(C)(C)CC3)c2s1. The van der Waals surface area contributed by atoms with Crippen molar-refractivity contribution in [2.75, 3.05) is 0 Å². The second-order valence-electron chi connectivity index (χ2n) is 6.56. The van der Waals surface area contributed by atoms with Crippen LogP contribution in [0, 0.1) is 19.3 Å². The van der Waals surface area contributed by atoms with E-state index in [0.717, 1.165) is 5.92 Å². The molecule has 0 nitrogen and oxygen atoms in total. The molecular weight excluding hydrogens is 256 g/mol. The zero-order valence-corrected chi connectivity index (χ0v) is 13.4. The molecule has 1 aliphatic carbocycles. The molecule has 3 rings (SSSR count). The first kappa shape index (κ1) is 12.7. The minimum absolute atomic E-state index is 0.574. The molecule has 98 valence electrons. The smallest absolute Gasteiger partial charge is 0.0490 e. The molecule has 2 aromatic rings. The highest BCUT2D eigenvalue weighted by atomic mass is 32.1. The highest BCUT2D eigenvalue weighted by Crippen LogP contribution is 2.48. The molecule has 1 aliphatic rings. The molecule has 0 saturated heterocycles. The van der Waals surface area contributed by atoms with E-state index in [-0.39, 0.29) is 0 Å². The number of hydrogen-bond acceptors (Lipinski definition) is 2. The van der Waals surface area contributed by atoms with Gasteiger partial charge in [0.25, 0.3) is 0 Å². The summed E-state index contributed by atoms with van der Waals surface area (Å²) in [6, 6.07) is 2.37. The molecule has 0 spiro atoms. The van der Waals surface area contributed by atoms with Gasteiger partial charge in [-0.05, 0) is 62.5 Å².